The summed E-state index contributed by atoms with van der Waals surface area (Å²) in [5.41, 5.74) is 6.83. The Morgan fingerprint density at radius 3 is 2.82 bits per heavy atom. The van der Waals surface area contributed by atoms with Crippen LogP contribution in [0.3, 0.4) is 0 Å². The highest BCUT2D eigenvalue weighted by Gasteiger charge is 1.96. The molecule has 4 heteroatoms. The van der Waals surface area contributed by atoms with Gasteiger partial charge in [0.1, 0.15) is 0 Å². The van der Waals surface area contributed by atoms with Crippen molar-refractivity contribution in [1.82, 2.24) is 4.98 Å². The molecule has 0 saturated heterocycles. The lowest BCUT2D eigenvalue weighted by atomic mass is 10.2. The van der Waals surface area contributed by atoms with E-state index in [0.717, 1.165) is 5.69 Å². The van der Waals surface area contributed by atoms with E-state index >= 15 is 0 Å². The molecule has 0 atom stereocenters. The van der Waals surface area contributed by atoms with Crippen molar-refractivity contribution in [3.05, 3.63) is 29.6 Å². The Hall–Kier alpha value is -1.58. The number of pyridine rings is 1. The molecule has 1 aromatic rings. The minimum absolute atomic E-state index is 0.0810. The molecular formula is C7H9N3O. The minimum Gasteiger partial charge on any atom is -0.409 e. The lowest BCUT2D eigenvalue weighted by molar-refractivity contribution is 0.318. The molecule has 0 unspecified atom stereocenters. The zero-order valence-corrected chi connectivity index (χ0v) is 6.15. The zero-order valence-electron chi connectivity index (χ0n) is 6.15. The normalized spacial score (nSPS) is 11.5. The minimum atomic E-state index is 0.0810. The molecule has 4 nitrogen and oxygen atoms in total. The highest BCUT2D eigenvalue weighted by molar-refractivity contribution is 5.96. The Morgan fingerprint density at radius 2 is 2.36 bits per heavy atom. The predicted octanol–water partition coefficient (Wildman–Crippen LogP) is 0.485. The Labute approximate surface area is 64.4 Å². The second-order valence-electron chi connectivity index (χ2n) is 2.17. The summed E-state index contributed by atoms with van der Waals surface area (Å²) in [6.07, 6.45) is 1.56. The molecule has 3 N–H and O–H groups in total. The molecule has 0 radical (unpaired) electrons. The first-order valence-electron chi connectivity index (χ1n) is 3.14. The first-order chi connectivity index (χ1) is 5.24. The van der Waals surface area contributed by atoms with E-state index in [1.54, 1.807) is 18.3 Å². The molecule has 0 aromatic carbocycles. The van der Waals surface area contributed by atoms with E-state index in [-0.39, 0.29) is 5.84 Å². The molecule has 0 bridgehead atoms. The summed E-state index contributed by atoms with van der Waals surface area (Å²) in [5.74, 6) is 0.0810. The predicted molar refractivity (Wildman–Crippen MR) is 41.5 cm³/mol. The van der Waals surface area contributed by atoms with Crippen LogP contribution in [0.1, 0.15) is 11.3 Å². The summed E-state index contributed by atoms with van der Waals surface area (Å²) in [6.45, 7) is 1.87. The van der Waals surface area contributed by atoms with Crippen molar-refractivity contribution >= 4 is 5.84 Å². The Balaban J connectivity index is 2.99. The molecule has 0 aliphatic heterocycles. The fraction of sp³-hybridized carbons (Fsp3) is 0.143. The highest BCUT2D eigenvalue weighted by Crippen LogP contribution is 1.97. The van der Waals surface area contributed by atoms with Gasteiger partial charge in [-0.15, -0.1) is 0 Å². The van der Waals surface area contributed by atoms with Crippen LogP contribution in [0.2, 0.25) is 0 Å². The molecule has 11 heavy (non-hydrogen) atoms. The maximum atomic E-state index is 8.29. The third-order valence-corrected chi connectivity index (χ3v) is 1.31. The maximum absolute atomic E-state index is 8.29. The Morgan fingerprint density at radius 1 is 1.64 bits per heavy atom. The first kappa shape index (κ1) is 7.53. The van der Waals surface area contributed by atoms with Gasteiger partial charge in [-0.3, -0.25) is 4.98 Å². The summed E-state index contributed by atoms with van der Waals surface area (Å²) in [4.78, 5) is 3.98. The average Bonchev–Trinajstić information content (AvgIpc) is 2.05. The van der Waals surface area contributed by atoms with Crippen LogP contribution in [0.15, 0.2) is 23.5 Å². The average molecular weight is 151 g/mol. The van der Waals surface area contributed by atoms with Gasteiger partial charge in [0.15, 0.2) is 5.84 Å². The molecule has 0 spiro atoms. The van der Waals surface area contributed by atoms with Crippen LogP contribution in [0.5, 0.6) is 0 Å². The summed E-state index contributed by atoms with van der Waals surface area (Å²) in [7, 11) is 0. The number of hydrogen-bond donors (Lipinski definition) is 2. The highest BCUT2D eigenvalue weighted by atomic mass is 16.4. The van der Waals surface area contributed by atoms with E-state index in [2.05, 4.69) is 10.1 Å². The maximum Gasteiger partial charge on any atom is 0.171 e. The fourth-order valence-electron chi connectivity index (χ4n) is 0.677. The number of oxime groups is 1. The van der Waals surface area contributed by atoms with Gasteiger partial charge in [0.25, 0.3) is 0 Å². The van der Waals surface area contributed by atoms with Gasteiger partial charge in [-0.05, 0) is 19.1 Å². The number of hydrogen-bond acceptors (Lipinski definition) is 3. The molecular weight excluding hydrogens is 142 g/mol. The molecule has 0 aliphatic rings. The molecule has 0 saturated carbocycles. The summed E-state index contributed by atoms with van der Waals surface area (Å²) in [6, 6.07) is 3.55. The second kappa shape index (κ2) is 3.01. The van der Waals surface area contributed by atoms with E-state index in [9.17, 15) is 0 Å². The van der Waals surface area contributed by atoms with Gasteiger partial charge in [0.2, 0.25) is 0 Å². The quantitative estimate of drug-likeness (QED) is 0.265. The number of aromatic nitrogens is 1. The van der Waals surface area contributed by atoms with E-state index in [1.165, 1.54) is 0 Å². The van der Waals surface area contributed by atoms with Crippen LogP contribution in [0.25, 0.3) is 0 Å². The molecule has 0 amide bonds. The first-order valence-corrected chi connectivity index (χ1v) is 3.14. The Kier molecular flexibility index (Phi) is 2.06. The van der Waals surface area contributed by atoms with Crippen LogP contribution in [0.4, 0.5) is 0 Å². The molecule has 1 rings (SSSR count). The second-order valence-corrected chi connectivity index (χ2v) is 2.17. The van der Waals surface area contributed by atoms with Crippen molar-refractivity contribution in [2.45, 2.75) is 6.92 Å². The van der Waals surface area contributed by atoms with E-state index in [1.807, 2.05) is 6.92 Å². The van der Waals surface area contributed by atoms with E-state index in [0.29, 0.717) is 5.56 Å². The van der Waals surface area contributed by atoms with Crippen molar-refractivity contribution in [1.29, 1.82) is 0 Å². The Bertz CT molecular complexity index is 266. The third-order valence-electron chi connectivity index (χ3n) is 1.31. The van der Waals surface area contributed by atoms with Gasteiger partial charge in [-0.1, -0.05) is 5.16 Å². The van der Waals surface area contributed by atoms with Crippen LogP contribution in [0, 0.1) is 6.92 Å². The molecule has 1 heterocycles. The van der Waals surface area contributed by atoms with Gasteiger partial charge in [0, 0.05) is 17.5 Å². The van der Waals surface area contributed by atoms with Crippen molar-refractivity contribution in [3.63, 3.8) is 0 Å². The SMILES string of the molecule is Cc1ccc(/C(N)=N/O)cn1. The molecule has 0 aliphatic carbocycles. The van der Waals surface area contributed by atoms with E-state index in [4.69, 9.17) is 10.9 Å². The van der Waals surface area contributed by atoms with Crippen molar-refractivity contribution in [2.75, 3.05) is 0 Å². The van der Waals surface area contributed by atoms with Gasteiger partial charge in [-0.25, -0.2) is 0 Å². The van der Waals surface area contributed by atoms with Crippen molar-refractivity contribution < 1.29 is 5.21 Å². The zero-order chi connectivity index (χ0) is 8.27. The molecule has 0 fully saturated rings. The lowest BCUT2D eigenvalue weighted by Crippen LogP contribution is -2.13. The fourth-order valence-corrected chi connectivity index (χ4v) is 0.677. The summed E-state index contributed by atoms with van der Waals surface area (Å²) >= 11 is 0. The molecule has 58 valence electrons. The summed E-state index contributed by atoms with van der Waals surface area (Å²) < 4.78 is 0. The number of rotatable bonds is 1. The van der Waals surface area contributed by atoms with Crippen LogP contribution in [-0.2, 0) is 0 Å². The van der Waals surface area contributed by atoms with Crippen LogP contribution in [-0.4, -0.2) is 16.0 Å². The lowest BCUT2D eigenvalue weighted by Gasteiger charge is -1.96. The van der Waals surface area contributed by atoms with Gasteiger partial charge >= 0.3 is 0 Å². The standard InChI is InChI=1S/C7H9N3O/c1-5-2-3-6(4-9-5)7(8)10-11/h2-4,11H,1H3,(H2,8,10). The largest absolute Gasteiger partial charge is 0.409 e. The monoisotopic (exact) mass is 151 g/mol. The molecule has 1 aromatic heterocycles. The number of nitrogens with zero attached hydrogens (tertiary/aromatic N) is 2. The number of amidine groups is 1. The smallest absolute Gasteiger partial charge is 0.171 e. The van der Waals surface area contributed by atoms with Crippen LogP contribution >= 0.6 is 0 Å². The van der Waals surface area contributed by atoms with Crippen LogP contribution < -0.4 is 5.73 Å². The van der Waals surface area contributed by atoms with Gasteiger partial charge < -0.3 is 10.9 Å². The van der Waals surface area contributed by atoms with E-state index < -0.39 is 0 Å². The van der Waals surface area contributed by atoms with Gasteiger partial charge in [0.05, 0.1) is 0 Å². The van der Waals surface area contributed by atoms with Crippen molar-refractivity contribution in [3.8, 4) is 0 Å². The van der Waals surface area contributed by atoms with Crippen molar-refractivity contribution in [2.24, 2.45) is 10.9 Å². The summed E-state index contributed by atoms with van der Waals surface area (Å²) in [5, 5.41) is 11.1. The third kappa shape index (κ3) is 1.67. The number of nitrogens with two attached hydrogens (primary N) is 1. The van der Waals surface area contributed by atoms with Gasteiger partial charge in [-0.2, -0.15) is 0 Å². The number of aryl methyl sites for hydroxylation is 1. The topological polar surface area (TPSA) is 71.5 Å².